The summed E-state index contributed by atoms with van der Waals surface area (Å²) in [6.45, 7) is 62.3. The van der Waals surface area contributed by atoms with Gasteiger partial charge in [-0.25, -0.2) is 0 Å². The summed E-state index contributed by atoms with van der Waals surface area (Å²) in [7, 11) is 0. The average molecular weight is 2070 g/mol. The summed E-state index contributed by atoms with van der Waals surface area (Å²) in [6.07, 6.45) is 54.3. The van der Waals surface area contributed by atoms with Crippen molar-refractivity contribution in [2.45, 2.75) is 384 Å². The number of ether oxygens (including phenoxy) is 2. The SMILES string of the molecule is C1CCOC1.CC1=C(O)C(=O)C=C2C1=CC=C1[C@@]2(C)CC[C@@]2(C)[C@@H]3C[C@](C)(C(=O)O)CC[C@]3(C)CC[C@]12C.CC1=C(O)C(=O)C=C2C1=CC=C1[C@@]2(C)CC[C@@]2(C)[C@@H]3C[C@](C)(CO)CC[C@]3(C)CC[C@]12C.CCI.CCOC(=O)[C@]1(C)CC[C@]2(C)CC[C@]3(C)C4=CC=C5C(=CC(=O)C(O)=C5C)[C@]4(C)CC[C@@]3(C)[C@@H]2C1.Cc1c(O)c(O)cc2c1CC=C1[C@@]2(C)CC[C@@]2(C)[C@@H]3C[C@](C)(CO)CC[C@]3(C)CC[C@]12C.[AlH3].[H-].[Li+]. The van der Waals surface area contributed by atoms with E-state index in [0.717, 1.165) is 193 Å². The number of hydrogen-bond donors (Lipinski definition) is 8. The van der Waals surface area contributed by atoms with Crippen LogP contribution < -0.4 is 18.9 Å². The van der Waals surface area contributed by atoms with Gasteiger partial charge in [-0.1, -0.05) is 219 Å². The van der Waals surface area contributed by atoms with Crippen molar-refractivity contribution in [2.24, 2.45) is 127 Å². The predicted molar refractivity (Wildman–Crippen MR) is 579 cm³/mol. The van der Waals surface area contributed by atoms with E-state index in [9.17, 15) is 64.8 Å². The Hall–Kier alpha value is -5.47. The number of phenols is 2. The summed E-state index contributed by atoms with van der Waals surface area (Å²) < 4.78 is 11.7. The average Bonchev–Trinajstić information content (AvgIpc) is 0.788. The number of benzene rings is 1. The largest absolute Gasteiger partial charge is 1.00 e. The molecular formula is C124H179AlILiO15. The molecule has 776 valence electrons. The molecule has 1 aromatic carbocycles. The zero-order chi connectivity index (χ0) is 103. The van der Waals surface area contributed by atoms with E-state index in [1.807, 2.05) is 47.6 Å². The van der Waals surface area contributed by atoms with Gasteiger partial charge in [0, 0.05) is 64.8 Å². The summed E-state index contributed by atoms with van der Waals surface area (Å²) >= 11 is 2.29. The van der Waals surface area contributed by atoms with Crippen molar-refractivity contribution in [1.29, 1.82) is 0 Å². The van der Waals surface area contributed by atoms with Crippen molar-refractivity contribution in [3.63, 3.8) is 0 Å². The maximum atomic E-state index is 13.1. The number of aliphatic carboxylic acids is 1. The molecule has 1 aromatic rings. The summed E-state index contributed by atoms with van der Waals surface area (Å²) in [4.78, 5) is 63.1. The standard InChI is InChI=1S/C31H42O4.C29H38O4.C29H42O3.C29H40O3.C4H8O.C2H5I.Al.Li.4H/c1-8-35-26(34)28(4)12-11-27(3)13-15-30(6)23-10-9-20-19(2)25(33)22(32)17-21(20)29(23,5)14-16-31(30,7)24(27)18-28;1-17-18-7-8-21-27(4,19(18)15-20(30)23(17)31)12-14-29(6)22-16-26(3,24(32)33)10-9-25(22,2)11-13-28(21,29)5;2*1-18-19-7-8-22-27(4,20(19)15-21(31)24(18)32)12-14-29(6)23-16-25(2,17-30)9-10-26(23,3)11-13-28(22,29)5;1-2-4-5-3-1;1-2-3;;;;;;/h9-10,17,24,33H,8,11-16,18H2,1-7H3;7-8,15,22,31H,9-14,16H2,1-6H3,(H,32,33);8,15,23,30-32H,7,9-14,16-17H2,1-6H3;7-8,15,23,30,32H,9-14,16-17H2,1-6H3;1-4H2;2H2,1H3;;;;;;/q;;;;;;;+1;;;;-1/t24-,27-,28-,29+,30-,31+;22-,25-,26-,27+,28-,29+;2*23-,25-,26-,27+,28-,29+;;;;;;;;/m1111......../s1. The molecule has 12 saturated carbocycles. The zero-order valence-corrected chi connectivity index (χ0v) is 93.8. The Labute approximate surface area is 890 Å². The van der Waals surface area contributed by atoms with Crippen LogP contribution in [0.25, 0.3) is 0 Å². The van der Waals surface area contributed by atoms with Crippen LogP contribution in [0.4, 0.5) is 0 Å². The van der Waals surface area contributed by atoms with Crippen LogP contribution in [-0.4, -0.2) is 125 Å². The number of carbonyl (C=O) groups is 5. The Kier molecular flexibility index (Phi) is 29.9. The van der Waals surface area contributed by atoms with E-state index >= 15 is 0 Å². The number of phenolic OH excluding ortho intramolecular Hbond substituents is 2. The monoisotopic (exact) mass is 2070 g/mol. The predicted octanol–water partition coefficient (Wildman–Crippen LogP) is 25.2. The number of fused-ring (bicyclic) bond motifs is 28. The number of halogens is 1. The van der Waals surface area contributed by atoms with Gasteiger partial charge >= 0.3 is 30.8 Å². The van der Waals surface area contributed by atoms with Gasteiger partial charge in [-0.15, -0.1) is 0 Å². The molecule has 0 unspecified atom stereocenters. The van der Waals surface area contributed by atoms with E-state index in [4.69, 9.17) is 9.47 Å². The third kappa shape index (κ3) is 16.6. The molecule has 1 heterocycles. The van der Waals surface area contributed by atoms with Crippen molar-refractivity contribution >= 4 is 69.2 Å². The van der Waals surface area contributed by atoms with Crippen molar-refractivity contribution < 1.29 is 94.6 Å². The third-order valence-electron chi connectivity index (χ3n) is 46.7. The molecular weight excluding hydrogens is 1890 g/mol. The smallest absolute Gasteiger partial charge is 1.00 e. The van der Waals surface area contributed by atoms with E-state index in [2.05, 4.69) is 204 Å². The molecule has 20 aliphatic rings. The minimum absolute atomic E-state index is 0. The molecule has 0 amide bonds. The molecule has 18 heteroatoms. The van der Waals surface area contributed by atoms with E-state index in [0.29, 0.717) is 64.4 Å². The number of aromatic hydroxyl groups is 2. The molecule has 19 aliphatic carbocycles. The third-order valence-corrected chi connectivity index (χ3v) is 46.7. The van der Waals surface area contributed by atoms with Crippen molar-refractivity contribution in [1.82, 2.24) is 0 Å². The first-order valence-corrected chi connectivity index (χ1v) is 55.9. The number of alkyl halides is 1. The number of aliphatic hydroxyl groups is 5. The Morgan fingerprint density at radius 2 is 0.718 bits per heavy atom. The summed E-state index contributed by atoms with van der Waals surface area (Å²) in [5.74, 6) is 0.165. The molecule has 142 heavy (non-hydrogen) atoms. The number of carboxylic acid groups (broad SMARTS) is 1. The topological polar surface area (TPSA) is 266 Å². The molecule has 0 aromatic heterocycles. The minimum atomic E-state index is -0.655. The summed E-state index contributed by atoms with van der Waals surface area (Å²) in [6, 6.07) is 1.85. The zero-order valence-electron chi connectivity index (χ0n) is 92.6. The molecule has 21 rings (SSSR count). The molecule has 8 N–H and O–H groups in total. The molecule has 1 saturated heterocycles. The van der Waals surface area contributed by atoms with E-state index in [1.54, 1.807) is 23.8 Å². The van der Waals surface area contributed by atoms with Crippen LogP contribution in [0.15, 0.2) is 157 Å². The van der Waals surface area contributed by atoms with E-state index in [-0.39, 0.29) is 183 Å². The van der Waals surface area contributed by atoms with Crippen LogP contribution in [0.3, 0.4) is 0 Å². The quantitative estimate of drug-likeness (QED) is 0.0340. The fourth-order valence-corrected chi connectivity index (χ4v) is 35.7. The molecule has 1 aliphatic heterocycles. The Morgan fingerprint density at radius 1 is 0.415 bits per heavy atom. The van der Waals surface area contributed by atoms with Gasteiger partial charge in [-0.3, -0.25) is 24.0 Å². The number of carbonyl (C=O) groups excluding carboxylic acids is 4. The Balaban J connectivity index is 0.000000155. The first-order chi connectivity index (χ1) is 65.1. The molecule has 0 spiro atoms. The molecule has 0 radical (unpaired) electrons. The maximum Gasteiger partial charge on any atom is 1.00 e. The molecule has 15 nitrogen and oxygen atoms in total. The van der Waals surface area contributed by atoms with E-state index < -0.39 is 16.8 Å². The number of hydrogen-bond acceptors (Lipinski definition) is 14. The number of rotatable bonds is 5. The number of allylic oxidation sites excluding steroid dienone is 23. The number of aliphatic hydroxyl groups excluding tert-OH is 5. The second-order valence-electron chi connectivity index (χ2n) is 54.0. The van der Waals surface area contributed by atoms with Gasteiger partial charge in [0.2, 0.25) is 17.3 Å². The molecule has 13 fully saturated rings. The molecule has 0 bridgehead atoms. The van der Waals surface area contributed by atoms with Gasteiger partial charge in [0.05, 0.1) is 17.4 Å². The van der Waals surface area contributed by atoms with Crippen LogP contribution in [0.5, 0.6) is 11.5 Å². The van der Waals surface area contributed by atoms with Gasteiger partial charge < -0.3 is 51.8 Å². The maximum absolute atomic E-state index is 13.1. The fourth-order valence-electron chi connectivity index (χ4n) is 35.7. The Morgan fingerprint density at radius 3 is 1.04 bits per heavy atom. The van der Waals surface area contributed by atoms with E-state index in [1.165, 1.54) is 90.1 Å². The first-order valence-electron chi connectivity index (χ1n) is 54.4. The Bertz CT molecular complexity index is 5780. The summed E-state index contributed by atoms with van der Waals surface area (Å²) in [5.41, 5.74) is 17.3. The fraction of sp³-hybridized carbons (Fsp3) is 0.702. The van der Waals surface area contributed by atoms with Gasteiger partial charge in [0.15, 0.2) is 46.1 Å². The van der Waals surface area contributed by atoms with Crippen LogP contribution in [0.2, 0.25) is 0 Å². The van der Waals surface area contributed by atoms with Gasteiger partial charge in [-0.05, 0) is 426 Å². The number of carboxylic acids is 1. The van der Waals surface area contributed by atoms with Gasteiger partial charge in [0.1, 0.15) is 0 Å². The normalized spacial score (nSPS) is 43.9. The number of ketones is 3. The second kappa shape index (κ2) is 37.9. The van der Waals surface area contributed by atoms with Crippen molar-refractivity contribution in [3.8, 4) is 11.5 Å². The van der Waals surface area contributed by atoms with Crippen molar-refractivity contribution in [2.75, 3.05) is 37.5 Å². The van der Waals surface area contributed by atoms with Crippen LogP contribution >= 0.6 is 22.6 Å². The van der Waals surface area contributed by atoms with Crippen LogP contribution in [0, 0.1) is 133 Å². The second-order valence-corrected chi connectivity index (χ2v) is 55.6. The van der Waals surface area contributed by atoms with Crippen molar-refractivity contribution in [3.05, 3.63) is 173 Å². The number of esters is 1. The van der Waals surface area contributed by atoms with Gasteiger partial charge in [-0.2, -0.15) is 0 Å². The molecule has 24 atom stereocenters. The van der Waals surface area contributed by atoms with Crippen LogP contribution in [0.1, 0.15) is 384 Å². The van der Waals surface area contributed by atoms with Gasteiger partial charge in [0.25, 0.3) is 0 Å². The minimum Gasteiger partial charge on any atom is -1.00 e. The first kappa shape index (κ1) is 112. The summed E-state index contributed by atoms with van der Waals surface area (Å²) in [5, 5.41) is 82.2. The van der Waals surface area contributed by atoms with Crippen LogP contribution in [-0.2, 0) is 45.3 Å².